The lowest BCUT2D eigenvalue weighted by Gasteiger charge is -2.14. The molecule has 0 saturated carbocycles. The second-order valence-electron chi connectivity index (χ2n) is 4.39. The van der Waals surface area contributed by atoms with E-state index < -0.39 is 6.10 Å². The van der Waals surface area contributed by atoms with E-state index in [9.17, 15) is 5.11 Å². The van der Waals surface area contributed by atoms with Gasteiger partial charge in [0.05, 0.1) is 6.61 Å². The van der Waals surface area contributed by atoms with Crippen molar-refractivity contribution in [2.75, 3.05) is 6.61 Å². The van der Waals surface area contributed by atoms with Crippen LogP contribution in [-0.2, 0) is 6.42 Å². The van der Waals surface area contributed by atoms with E-state index in [1.54, 1.807) is 6.07 Å². The van der Waals surface area contributed by atoms with Crippen LogP contribution in [0, 0.1) is 0 Å². The molecule has 0 aliphatic carbocycles. The van der Waals surface area contributed by atoms with Gasteiger partial charge < -0.3 is 9.84 Å². The second kappa shape index (κ2) is 4.63. The number of rotatable bonds is 2. The van der Waals surface area contributed by atoms with Crippen molar-refractivity contribution in [1.29, 1.82) is 0 Å². The fraction of sp³-hybridized carbons (Fsp3) is 0.200. The molecule has 1 unspecified atom stereocenters. The minimum atomic E-state index is -0.690. The van der Waals surface area contributed by atoms with Crippen molar-refractivity contribution in [3.05, 3.63) is 64.2 Å². The van der Waals surface area contributed by atoms with E-state index in [1.807, 2.05) is 36.4 Å². The Labute approximate surface area is 111 Å². The zero-order valence-electron chi connectivity index (χ0n) is 9.77. The topological polar surface area (TPSA) is 29.5 Å². The van der Waals surface area contributed by atoms with Crippen molar-refractivity contribution >= 4 is 11.6 Å². The smallest absolute Gasteiger partial charge is 0.122 e. The highest BCUT2D eigenvalue weighted by Crippen LogP contribution is 2.32. The summed E-state index contributed by atoms with van der Waals surface area (Å²) in [6.45, 7) is 0.723. The van der Waals surface area contributed by atoms with Crippen molar-refractivity contribution in [2.45, 2.75) is 12.5 Å². The summed E-state index contributed by atoms with van der Waals surface area (Å²) in [7, 11) is 0. The van der Waals surface area contributed by atoms with Gasteiger partial charge in [0.1, 0.15) is 11.9 Å². The van der Waals surface area contributed by atoms with E-state index in [0.717, 1.165) is 35.5 Å². The van der Waals surface area contributed by atoms with Crippen LogP contribution < -0.4 is 4.74 Å². The third kappa shape index (κ3) is 1.98. The number of aliphatic hydroxyl groups is 1. The summed E-state index contributed by atoms with van der Waals surface area (Å²) in [5, 5.41) is 11.0. The quantitative estimate of drug-likeness (QED) is 0.897. The maximum absolute atomic E-state index is 10.4. The van der Waals surface area contributed by atoms with Gasteiger partial charge in [-0.15, -0.1) is 0 Å². The molecule has 1 N–H and O–H groups in total. The fourth-order valence-corrected chi connectivity index (χ4v) is 2.49. The van der Waals surface area contributed by atoms with Crippen LogP contribution in [0.3, 0.4) is 0 Å². The third-order valence-electron chi connectivity index (χ3n) is 3.23. The Kier molecular flexibility index (Phi) is 2.98. The van der Waals surface area contributed by atoms with Gasteiger partial charge in [0, 0.05) is 17.0 Å². The minimum Gasteiger partial charge on any atom is -0.493 e. The summed E-state index contributed by atoms with van der Waals surface area (Å²) < 4.78 is 5.45. The number of fused-ring (bicyclic) bond motifs is 1. The number of halogens is 1. The monoisotopic (exact) mass is 260 g/mol. The number of aliphatic hydroxyl groups excluding tert-OH is 1. The molecule has 1 aliphatic heterocycles. The zero-order chi connectivity index (χ0) is 12.5. The van der Waals surface area contributed by atoms with Gasteiger partial charge >= 0.3 is 0 Å². The molecule has 0 fully saturated rings. The lowest BCUT2D eigenvalue weighted by molar-refractivity contribution is 0.220. The van der Waals surface area contributed by atoms with E-state index in [4.69, 9.17) is 16.3 Å². The summed E-state index contributed by atoms with van der Waals surface area (Å²) in [6.07, 6.45) is 0.211. The summed E-state index contributed by atoms with van der Waals surface area (Å²) in [6, 6.07) is 13.2. The molecule has 92 valence electrons. The van der Waals surface area contributed by atoms with Crippen LogP contribution in [0.5, 0.6) is 5.75 Å². The molecule has 1 heterocycles. The largest absolute Gasteiger partial charge is 0.493 e. The van der Waals surface area contributed by atoms with Crippen molar-refractivity contribution in [3.8, 4) is 5.75 Å². The summed E-state index contributed by atoms with van der Waals surface area (Å²) >= 11 is 6.10. The summed E-state index contributed by atoms with van der Waals surface area (Å²) in [4.78, 5) is 0. The highest BCUT2D eigenvalue weighted by Gasteiger charge is 2.17. The van der Waals surface area contributed by atoms with E-state index in [-0.39, 0.29) is 0 Å². The first-order valence-corrected chi connectivity index (χ1v) is 6.31. The van der Waals surface area contributed by atoms with Crippen LogP contribution in [0.15, 0.2) is 42.5 Å². The predicted molar refractivity (Wildman–Crippen MR) is 71.2 cm³/mol. The van der Waals surface area contributed by atoms with Crippen LogP contribution in [0.2, 0.25) is 5.02 Å². The lowest BCUT2D eigenvalue weighted by atomic mass is 9.99. The molecule has 0 spiro atoms. The first-order valence-electron chi connectivity index (χ1n) is 5.94. The van der Waals surface area contributed by atoms with Gasteiger partial charge in [-0.05, 0) is 29.3 Å². The van der Waals surface area contributed by atoms with E-state index >= 15 is 0 Å². The lowest BCUT2D eigenvalue weighted by Crippen LogP contribution is -2.00. The molecule has 0 bridgehead atoms. The third-order valence-corrected chi connectivity index (χ3v) is 3.57. The number of ether oxygens (including phenoxy) is 1. The Morgan fingerprint density at radius 2 is 2.00 bits per heavy atom. The van der Waals surface area contributed by atoms with Gasteiger partial charge in [0.25, 0.3) is 0 Å². The number of hydrogen-bond acceptors (Lipinski definition) is 2. The maximum atomic E-state index is 10.4. The SMILES string of the molecule is OC(c1ccc2c(c1)CCO2)c1ccccc1Cl. The average molecular weight is 261 g/mol. The van der Waals surface area contributed by atoms with Gasteiger partial charge in [0.15, 0.2) is 0 Å². The zero-order valence-corrected chi connectivity index (χ0v) is 10.5. The molecule has 1 aliphatic rings. The number of benzene rings is 2. The molecule has 0 aromatic heterocycles. The molecular weight excluding hydrogens is 248 g/mol. The minimum absolute atomic E-state index is 0.585. The van der Waals surface area contributed by atoms with Gasteiger partial charge in [-0.2, -0.15) is 0 Å². The highest BCUT2D eigenvalue weighted by molar-refractivity contribution is 6.31. The molecule has 0 radical (unpaired) electrons. The first kappa shape index (κ1) is 11.6. The van der Waals surface area contributed by atoms with Crippen LogP contribution in [0.4, 0.5) is 0 Å². The van der Waals surface area contributed by atoms with E-state index in [2.05, 4.69) is 0 Å². The fourth-order valence-electron chi connectivity index (χ4n) is 2.25. The Morgan fingerprint density at radius 1 is 1.17 bits per heavy atom. The molecule has 3 heteroatoms. The Bertz CT molecular complexity index is 580. The molecule has 0 amide bonds. The molecule has 2 aromatic rings. The van der Waals surface area contributed by atoms with E-state index in [0.29, 0.717) is 5.02 Å². The summed E-state index contributed by atoms with van der Waals surface area (Å²) in [5.41, 5.74) is 2.74. The maximum Gasteiger partial charge on any atom is 0.122 e. The standard InChI is InChI=1S/C15H13ClO2/c16-13-4-2-1-3-12(13)15(17)11-5-6-14-10(9-11)7-8-18-14/h1-6,9,15,17H,7-8H2. The van der Waals surface area contributed by atoms with Gasteiger partial charge in [-0.1, -0.05) is 35.9 Å². The van der Waals surface area contributed by atoms with Crippen molar-refractivity contribution in [1.82, 2.24) is 0 Å². The second-order valence-corrected chi connectivity index (χ2v) is 4.80. The van der Waals surface area contributed by atoms with Crippen LogP contribution in [-0.4, -0.2) is 11.7 Å². The van der Waals surface area contributed by atoms with E-state index in [1.165, 1.54) is 0 Å². The van der Waals surface area contributed by atoms with Crippen LogP contribution in [0.25, 0.3) is 0 Å². The molecule has 0 saturated heterocycles. The molecule has 18 heavy (non-hydrogen) atoms. The molecule has 1 atom stereocenters. The molecular formula is C15H13ClO2. The molecule has 2 aromatic carbocycles. The molecule has 2 nitrogen and oxygen atoms in total. The van der Waals surface area contributed by atoms with Crippen molar-refractivity contribution in [3.63, 3.8) is 0 Å². The van der Waals surface area contributed by atoms with Crippen molar-refractivity contribution < 1.29 is 9.84 Å². The van der Waals surface area contributed by atoms with Crippen molar-refractivity contribution in [2.24, 2.45) is 0 Å². The predicted octanol–water partition coefficient (Wildman–Crippen LogP) is 3.36. The van der Waals surface area contributed by atoms with Crippen LogP contribution in [0.1, 0.15) is 22.8 Å². The summed E-state index contributed by atoms with van der Waals surface area (Å²) in [5.74, 6) is 0.921. The van der Waals surface area contributed by atoms with Gasteiger partial charge in [-0.3, -0.25) is 0 Å². The first-order chi connectivity index (χ1) is 8.75. The number of hydrogen-bond donors (Lipinski definition) is 1. The Balaban J connectivity index is 1.98. The van der Waals surface area contributed by atoms with Crippen LogP contribution >= 0.6 is 11.6 Å². The normalized spacial score (nSPS) is 15.0. The Hall–Kier alpha value is -1.51. The average Bonchev–Trinajstić information content (AvgIpc) is 2.85. The van der Waals surface area contributed by atoms with Gasteiger partial charge in [0.2, 0.25) is 0 Å². The Morgan fingerprint density at radius 3 is 2.83 bits per heavy atom. The van der Waals surface area contributed by atoms with Gasteiger partial charge in [-0.25, -0.2) is 0 Å². The molecule has 3 rings (SSSR count). The highest BCUT2D eigenvalue weighted by atomic mass is 35.5.